The summed E-state index contributed by atoms with van der Waals surface area (Å²) in [5.74, 6) is 5.27. The van der Waals surface area contributed by atoms with Crippen molar-refractivity contribution in [2.45, 2.75) is 45.1 Å². The number of benzene rings is 2. The fourth-order valence-corrected chi connectivity index (χ4v) is 2.86. The SMILES string of the molecule is CCCCc1ccc(OCCOC(=O)C(C)(Cc2ccc(O)c(O)c2)NN)cc1. The summed E-state index contributed by atoms with van der Waals surface area (Å²) < 4.78 is 10.9. The van der Waals surface area contributed by atoms with Crippen molar-refractivity contribution in [2.75, 3.05) is 13.2 Å². The van der Waals surface area contributed by atoms with Crippen LogP contribution in [0.25, 0.3) is 0 Å². The van der Waals surface area contributed by atoms with E-state index >= 15 is 0 Å². The highest BCUT2D eigenvalue weighted by Crippen LogP contribution is 2.27. The van der Waals surface area contributed by atoms with Gasteiger partial charge in [0.05, 0.1) is 0 Å². The number of phenolic OH excluding ortho intramolecular Hbond substituents is 2. The molecule has 2 aromatic rings. The van der Waals surface area contributed by atoms with Crippen molar-refractivity contribution in [1.29, 1.82) is 0 Å². The number of aromatic hydroxyl groups is 2. The van der Waals surface area contributed by atoms with Gasteiger partial charge < -0.3 is 19.7 Å². The molecule has 0 aliphatic heterocycles. The summed E-state index contributed by atoms with van der Waals surface area (Å²) in [5.41, 5.74) is 3.19. The van der Waals surface area contributed by atoms with E-state index in [2.05, 4.69) is 12.3 Å². The molecule has 29 heavy (non-hydrogen) atoms. The molecule has 1 unspecified atom stereocenters. The molecule has 2 aromatic carbocycles. The van der Waals surface area contributed by atoms with Crippen molar-refractivity contribution in [3.63, 3.8) is 0 Å². The van der Waals surface area contributed by atoms with Gasteiger partial charge >= 0.3 is 5.97 Å². The summed E-state index contributed by atoms with van der Waals surface area (Å²) in [4.78, 5) is 12.5. The van der Waals surface area contributed by atoms with E-state index in [9.17, 15) is 15.0 Å². The van der Waals surface area contributed by atoms with Crippen LogP contribution < -0.4 is 16.0 Å². The van der Waals surface area contributed by atoms with Crippen LogP contribution in [0.5, 0.6) is 17.2 Å². The zero-order valence-corrected chi connectivity index (χ0v) is 17.0. The molecule has 5 N–H and O–H groups in total. The molecule has 0 aliphatic carbocycles. The van der Waals surface area contributed by atoms with Crippen molar-refractivity contribution >= 4 is 5.97 Å². The van der Waals surface area contributed by atoms with Gasteiger partial charge in [0, 0.05) is 6.42 Å². The molecule has 0 aliphatic rings. The highest BCUT2D eigenvalue weighted by Gasteiger charge is 2.34. The number of carbonyl (C=O) groups excluding carboxylic acids is 1. The van der Waals surface area contributed by atoms with E-state index in [4.69, 9.17) is 15.3 Å². The first-order valence-corrected chi connectivity index (χ1v) is 9.75. The van der Waals surface area contributed by atoms with Gasteiger partial charge in [0.1, 0.15) is 24.5 Å². The Morgan fingerprint density at radius 3 is 2.38 bits per heavy atom. The number of carbonyl (C=O) groups is 1. The molecular weight excluding hydrogens is 372 g/mol. The van der Waals surface area contributed by atoms with Crippen molar-refractivity contribution in [3.8, 4) is 17.2 Å². The largest absolute Gasteiger partial charge is 0.504 e. The van der Waals surface area contributed by atoms with Crippen molar-refractivity contribution in [1.82, 2.24) is 5.43 Å². The lowest BCUT2D eigenvalue weighted by Gasteiger charge is -2.26. The van der Waals surface area contributed by atoms with Crippen LogP contribution in [0, 0.1) is 0 Å². The van der Waals surface area contributed by atoms with Gasteiger partial charge in [-0.05, 0) is 55.2 Å². The maximum atomic E-state index is 12.5. The Balaban J connectivity index is 1.82. The first-order valence-electron chi connectivity index (χ1n) is 9.75. The summed E-state index contributed by atoms with van der Waals surface area (Å²) in [6, 6.07) is 12.2. The average Bonchev–Trinajstić information content (AvgIpc) is 2.73. The lowest BCUT2D eigenvalue weighted by molar-refractivity contribution is -0.151. The number of phenols is 2. The van der Waals surface area contributed by atoms with Crippen LogP contribution in [0.3, 0.4) is 0 Å². The van der Waals surface area contributed by atoms with Crippen LogP contribution >= 0.6 is 0 Å². The lowest BCUT2D eigenvalue weighted by atomic mass is 9.93. The standard InChI is InChI=1S/C22H30N2O5/c1-3-4-5-16-6-9-18(10-7-16)28-12-13-29-21(27)22(2,24-23)15-17-8-11-19(25)20(26)14-17/h6-11,14,24-26H,3-5,12-13,15,23H2,1-2H3. The van der Waals surface area contributed by atoms with Gasteiger partial charge in [-0.15, -0.1) is 0 Å². The fourth-order valence-electron chi connectivity index (χ4n) is 2.86. The van der Waals surface area contributed by atoms with E-state index in [1.807, 2.05) is 24.3 Å². The maximum Gasteiger partial charge on any atom is 0.327 e. The number of aryl methyl sites for hydroxylation is 1. The Morgan fingerprint density at radius 1 is 1.07 bits per heavy atom. The Hall–Kier alpha value is -2.77. The monoisotopic (exact) mass is 402 g/mol. The van der Waals surface area contributed by atoms with E-state index in [1.54, 1.807) is 13.0 Å². The van der Waals surface area contributed by atoms with Gasteiger partial charge in [0.2, 0.25) is 0 Å². The first kappa shape index (κ1) is 22.5. The predicted octanol–water partition coefficient (Wildman–Crippen LogP) is 2.83. The number of nitrogens with one attached hydrogen (secondary N) is 1. The van der Waals surface area contributed by atoms with Crippen LogP contribution in [-0.2, 0) is 22.4 Å². The normalized spacial score (nSPS) is 12.9. The second-order valence-electron chi connectivity index (χ2n) is 7.21. The topological polar surface area (TPSA) is 114 Å². The Labute approximate surface area is 171 Å². The van der Waals surface area contributed by atoms with Gasteiger partial charge in [0.25, 0.3) is 0 Å². The number of ether oxygens (including phenoxy) is 2. The van der Waals surface area contributed by atoms with Crippen LogP contribution in [0.4, 0.5) is 0 Å². The quantitative estimate of drug-likeness (QED) is 0.150. The summed E-state index contributed by atoms with van der Waals surface area (Å²) >= 11 is 0. The first-order chi connectivity index (χ1) is 13.9. The smallest absolute Gasteiger partial charge is 0.327 e. The molecule has 0 heterocycles. The molecule has 0 spiro atoms. The molecule has 1 atom stereocenters. The van der Waals surface area contributed by atoms with E-state index < -0.39 is 11.5 Å². The predicted molar refractivity (Wildman–Crippen MR) is 111 cm³/mol. The molecule has 0 fully saturated rings. The highest BCUT2D eigenvalue weighted by atomic mass is 16.6. The minimum Gasteiger partial charge on any atom is -0.504 e. The zero-order valence-electron chi connectivity index (χ0n) is 17.0. The number of hydrogen-bond acceptors (Lipinski definition) is 7. The molecule has 0 saturated heterocycles. The molecule has 2 rings (SSSR count). The van der Waals surface area contributed by atoms with Crippen molar-refractivity contribution in [3.05, 3.63) is 53.6 Å². The van der Waals surface area contributed by atoms with E-state index in [0.717, 1.165) is 25.0 Å². The minimum absolute atomic E-state index is 0.0779. The highest BCUT2D eigenvalue weighted by molar-refractivity contribution is 5.80. The van der Waals surface area contributed by atoms with E-state index in [0.29, 0.717) is 5.56 Å². The molecule has 7 heteroatoms. The molecule has 0 aromatic heterocycles. The average molecular weight is 402 g/mol. The molecule has 0 bridgehead atoms. The van der Waals surface area contributed by atoms with E-state index in [1.165, 1.54) is 17.7 Å². The number of nitrogens with two attached hydrogens (primary N) is 1. The Bertz CT molecular complexity index is 794. The lowest BCUT2D eigenvalue weighted by Crippen LogP contribution is -2.55. The second kappa shape index (κ2) is 10.7. The third-order valence-corrected chi connectivity index (χ3v) is 4.69. The summed E-state index contributed by atoms with van der Waals surface area (Å²) in [5, 5.41) is 19.0. The Kier molecular flexibility index (Phi) is 8.30. The number of hydrogen-bond donors (Lipinski definition) is 4. The molecule has 7 nitrogen and oxygen atoms in total. The summed E-state index contributed by atoms with van der Waals surface area (Å²) in [6.07, 6.45) is 3.55. The van der Waals surface area contributed by atoms with Gasteiger partial charge in [-0.25, -0.2) is 10.2 Å². The van der Waals surface area contributed by atoms with Gasteiger partial charge in [-0.1, -0.05) is 31.5 Å². The third-order valence-electron chi connectivity index (χ3n) is 4.69. The van der Waals surface area contributed by atoms with Crippen LogP contribution in [-0.4, -0.2) is 34.9 Å². The summed E-state index contributed by atoms with van der Waals surface area (Å²) in [7, 11) is 0. The number of esters is 1. The van der Waals surface area contributed by atoms with E-state index in [-0.39, 0.29) is 31.1 Å². The number of unbranched alkanes of at least 4 members (excludes halogenated alkanes) is 1. The minimum atomic E-state index is -1.19. The molecular formula is C22H30N2O5. The third kappa shape index (κ3) is 6.66. The Morgan fingerprint density at radius 2 is 1.76 bits per heavy atom. The van der Waals surface area contributed by atoms with Crippen molar-refractivity contribution in [2.24, 2.45) is 5.84 Å². The zero-order chi connectivity index (χ0) is 21.3. The van der Waals surface area contributed by atoms with Gasteiger partial charge in [-0.3, -0.25) is 5.84 Å². The van der Waals surface area contributed by atoms with Gasteiger partial charge in [0.15, 0.2) is 11.5 Å². The molecule has 0 saturated carbocycles. The maximum absolute atomic E-state index is 12.5. The van der Waals surface area contributed by atoms with Gasteiger partial charge in [-0.2, -0.15) is 0 Å². The molecule has 0 amide bonds. The number of hydrazine groups is 1. The number of rotatable bonds is 11. The van der Waals surface area contributed by atoms with Crippen LogP contribution in [0.15, 0.2) is 42.5 Å². The van der Waals surface area contributed by atoms with Crippen molar-refractivity contribution < 1.29 is 24.5 Å². The fraction of sp³-hybridized carbons (Fsp3) is 0.409. The molecule has 158 valence electrons. The van der Waals surface area contributed by atoms with Crippen LogP contribution in [0.1, 0.15) is 37.8 Å². The van der Waals surface area contributed by atoms with Crippen LogP contribution in [0.2, 0.25) is 0 Å². The summed E-state index contributed by atoms with van der Waals surface area (Å²) in [6.45, 7) is 4.07. The second-order valence-corrected chi connectivity index (χ2v) is 7.21. The molecule has 0 radical (unpaired) electrons.